The number of ketones is 1. The van der Waals surface area contributed by atoms with Gasteiger partial charge in [0.15, 0.2) is 22.0 Å². The minimum atomic E-state index is -0.236. The summed E-state index contributed by atoms with van der Waals surface area (Å²) in [6.45, 7) is 3.53. The van der Waals surface area contributed by atoms with Crippen molar-refractivity contribution in [1.29, 1.82) is 0 Å². The summed E-state index contributed by atoms with van der Waals surface area (Å²) in [6.07, 6.45) is 0. The van der Waals surface area contributed by atoms with Crippen LogP contribution in [0, 0.1) is 5.92 Å². The zero-order valence-electron chi connectivity index (χ0n) is 12.0. The van der Waals surface area contributed by atoms with Gasteiger partial charge in [0.25, 0.3) is 0 Å². The van der Waals surface area contributed by atoms with Crippen LogP contribution < -0.4 is 0 Å². The van der Waals surface area contributed by atoms with Crippen LogP contribution in [0.3, 0.4) is 0 Å². The fraction of sp³-hybridized carbons (Fsp3) is 0.176. The van der Waals surface area contributed by atoms with Crippen molar-refractivity contribution in [2.75, 3.05) is 0 Å². The van der Waals surface area contributed by atoms with Gasteiger partial charge in [-0.2, -0.15) is 0 Å². The highest BCUT2D eigenvalue weighted by Crippen LogP contribution is 2.08. The van der Waals surface area contributed by atoms with Crippen LogP contribution in [0.1, 0.15) is 29.8 Å². The molecule has 21 heavy (non-hydrogen) atoms. The van der Waals surface area contributed by atoms with Crippen LogP contribution in [0.4, 0.5) is 0 Å². The number of hydrogen-bond donors (Lipinski definition) is 0. The maximum absolute atomic E-state index is 11.8. The van der Waals surface area contributed by atoms with Crippen LogP contribution in [-0.4, -0.2) is 11.8 Å². The molecule has 0 heterocycles. The Morgan fingerprint density at radius 3 is 1.48 bits per heavy atom. The Hall–Kier alpha value is -1.94. The van der Waals surface area contributed by atoms with Gasteiger partial charge in [-0.3, -0.25) is 9.59 Å². The Kier molecular flexibility index (Phi) is 7.40. The summed E-state index contributed by atoms with van der Waals surface area (Å²) in [7, 11) is 0. The molecule has 0 spiro atoms. The van der Waals surface area contributed by atoms with Gasteiger partial charge in [0.1, 0.15) is 0 Å². The van der Waals surface area contributed by atoms with E-state index in [1.54, 1.807) is 13.8 Å². The summed E-state index contributed by atoms with van der Waals surface area (Å²) >= 11 is 2.57. The van der Waals surface area contributed by atoms with Gasteiger partial charge >= 0.3 is 5.97 Å². The molecule has 110 valence electrons. The molecular weight excluding hydrogens is 332 g/mol. The van der Waals surface area contributed by atoms with Gasteiger partial charge in [-0.15, -0.1) is 0 Å². The molecule has 0 fully saturated rings. The summed E-state index contributed by atoms with van der Waals surface area (Å²) < 4.78 is 4.19. The van der Waals surface area contributed by atoms with Gasteiger partial charge in [0, 0.05) is 11.1 Å². The van der Waals surface area contributed by atoms with Crippen molar-refractivity contribution in [2.45, 2.75) is 13.8 Å². The van der Waals surface area contributed by atoms with E-state index in [-0.39, 0.29) is 17.7 Å². The van der Waals surface area contributed by atoms with E-state index < -0.39 is 0 Å². The van der Waals surface area contributed by atoms with Crippen molar-refractivity contribution < 1.29 is 13.4 Å². The second kappa shape index (κ2) is 9.08. The zero-order chi connectivity index (χ0) is 15.7. The number of carbonyl (C=O) groups excluding carboxylic acids is 2. The molecule has 4 heteroatoms. The molecule has 0 saturated carbocycles. The second-order valence-electron chi connectivity index (χ2n) is 4.61. The zero-order valence-corrected chi connectivity index (χ0v) is 13.5. The van der Waals surface area contributed by atoms with E-state index in [4.69, 9.17) is 0 Å². The number of hydrogen-bond acceptors (Lipinski definition) is 3. The normalized spacial score (nSPS) is 9.52. The molecule has 0 N–H and O–H groups in total. The number of rotatable bonds is 3. The lowest BCUT2D eigenvalue weighted by Gasteiger charge is -1.99. The van der Waals surface area contributed by atoms with Crippen molar-refractivity contribution in [2.24, 2.45) is 5.92 Å². The molecule has 0 atom stereocenters. The lowest BCUT2D eigenvalue weighted by Crippen LogP contribution is -2.04. The maximum Gasteiger partial charge on any atom is 0.319 e. The van der Waals surface area contributed by atoms with Crippen molar-refractivity contribution in [3.8, 4) is 0 Å². The smallest absolute Gasteiger partial charge is 0.319 e. The van der Waals surface area contributed by atoms with Gasteiger partial charge in [-0.25, -0.2) is 0 Å². The standard InChI is InChI=1S/C13H10O.C4H7BrO2/c14-13(11-7-3-1-4-8-11)12-9-5-2-6-10-12;1-3(2)4(6)7-5/h1-10H;3H,1-2H3. The van der Waals surface area contributed by atoms with E-state index in [1.807, 2.05) is 60.7 Å². The van der Waals surface area contributed by atoms with Gasteiger partial charge in [-0.05, 0) is 0 Å². The molecule has 3 nitrogen and oxygen atoms in total. The largest absolute Gasteiger partial charge is 0.383 e. The number of carbonyl (C=O) groups is 2. The van der Waals surface area contributed by atoms with Crippen LogP contribution in [0.25, 0.3) is 0 Å². The molecule has 2 rings (SSSR count). The monoisotopic (exact) mass is 348 g/mol. The molecule has 0 radical (unpaired) electrons. The summed E-state index contributed by atoms with van der Waals surface area (Å²) in [6, 6.07) is 18.6. The maximum atomic E-state index is 11.8. The lowest BCUT2D eigenvalue weighted by atomic mass is 10.0. The summed E-state index contributed by atoms with van der Waals surface area (Å²) in [5.74, 6) is -0.203. The van der Waals surface area contributed by atoms with Crippen LogP contribution in [0.2, 0.25) is 0 Å². The van der Waals surface area contributed by atoms with E-state index >= 15 is 0 Å². The molecule has 0 aromatic heterocycles. The molecule has 0 aliphatic rings. The van der Waals surface area contributed by atoms with Crippen molar-refractivity contribution in [3.63, 3.8) is 0 Å². The Bertz CT molecular complexity index is 524. The topological polar surface area (TPSA) is 43.4 Å². The Balaban J connectivity index is 0.000000270. The summed E-state index contributed by atoms with van der Waals surface area (Å²) in [5, 5.41) is 0. The van der Waals surface area contributed by atoms with Crippen molar-refractivity contribution >= 4 is 28.0 Å². The third-order valence-corrected chi connectivity index (χ3v) is 2.94. The predicted octanol–water partition coefficient (Wildman–Crippen LogP) is 4.41. The van der Waals surface area contributed by atoms with Crippen molar-refractivity contribution in [1.82, 2.24) is 0 Å². The van der Waals surface area contributed by atoms with Gasteiger partial charge in [0.2, 0.25) is 0 Å². The molecule has 0 saturated heterocycles. The molecular formula is C17H17BrO3. The van der Waals surface area contributed by atoms with E-state index in [2.05, 4.69) is 20.1 Å². The third-order valence-electron chi connectivity index (χ3n) is 2.62. The average Bonchev–Trinajstić information content (AvgIpc) is 2.55. The highest BCUT2D eigenvalue weighted by Gasteiger charge is 2.06. The fourth-order valence-corrected chi connectivity index (χ4v) is 1.81. The lowest BCUT2D eigenvalue weighted by molar-refractivity contribution is -0.135. The Labute approximate surface area is 133 Å². The van der Waals surface area contributed by atoms with Crippen LogP contribution >= 0.6 is 16.3 Å². The molecule has 0 unspecified atom stereocenters. The molecule has 0 bridgehead atoms. The van der Waals surface area contributed by atoms with Crippen LogP contribution in [0.15, 0.2) is 60.7 Å². The van der Waals surface area contributed by atoms with Crippen LogP contribution in [-0.2, 0) is 8.62 Å². The van der Waals surface area contributed by atoms with Gasteiger partial charge in [0.05, 0.1) is 5.92 Å². The fourth-order valence-electron chi connectivity index (χ4n) is 1.43. The van der Waals surface area contributed by atoms with E-state index in [0.717, 1.165) is 11.1 Å². The molecule has 2 aromatic rings. The summed E-state index contributed by atoms with van der Waals surface area (Å²) in [5.41, 5.74) is 1.47. The predicted molar refractivity (Wildman–Crippen MR) is 86.2 cm³/mol. The first-order valence-corrected chi connectivity index (χ1v) is 7.18. The summed E-state index contributed by atoms with van der Waals surface area (Å²) in [4.78, 5) is 22.1. The van der Waals surface area contributed by atoms with E-state index in [1.165, 1.54) is 0 Å². The molecule has 0 aliphatic heterocycles. The first kappa shape index (κ1) is 17.1. The second-order valence-corrected chi connectivity index (χ2v) is 4.94. The minimum absolute atomic E-state index is 0.0422. The number of benzene rings is 2. The quantitative estimate of drug-likeness (QED) is 0.771. The van der Waals surface area contributed by atoms with Crippen LogP contribution in [0.5, 0.6) is 0 Å². The molecule has 0 aliphatic carbocycles. The van der Waals surface area contributed by atoms with Crippen molar-refractivity contribution in [3.05, 3.63) is 71.8 Å². The Morgan fingerprint density at radius 1 is 0.857 bits per heavy atom. The van der Waals surface area contributed by atoms with E-state index in [0.29, 0.717) is 0 Å². The molecule has 2 aromatic carbocycles. The molecule has 0 amide bonds. The van der Waals surface area contributed by atoms with E-state index in [9.17, 15) is 9.59 Å². The third kappa shape index (κ3) is 5.92. The first-order valence-electron chi connectivity index (χ1n) is 6.53. The highest BCUT2D eigenvalue weighted by molar-refractivity contribution is 9.06. The first-order chi connectivity index (χ1) is 10.1. The van der Waals surface area contributed by atoms with Gasteiger partial charge < -0.3 is 3.83 Å². The minimum Gasteiger partial charge on any atom is -0.383 e. The average molecular weight is 349 g/mol. The SMILES string of the molecule is CC(C)C(=O)OBr.O=C(c1ccccc1)c1ccccc1. The van der Waals surface area contributed by atoms with Gasteiger partial charge in [-0.1, -0.05) is 74.5 Å². The highest BCUT2D eigenvalue weighted by atomic mass is 79.9. The Morgan fingerprint density at radius 2 is 1.24 bits per heavy atom. The number of halogens is 1.